The molecule has 2 aliphatic heterocycles. The van der Waals surface area contributed by atoms with Crippen LogP contribution in [0.1, 0.15) is 39.5 Å². The second kappa shape index (κ2) is 6.37. The van der Waals surface area contributed by atoms with Crippen LogP contribution in [0, 0.1) is 0 Å². The van der Waals surface area contributed by atoms with E-state index in [0.717, 1.165) is 0 Å². The van der Waals surface area contributed by atoms with E-state index in [0.29, 0.717) is 6.04 Å². The maximum atomic E-state index is 4.52. The Morgan fingerprint density at radius 1 is 1.22 bits per heavy atom. The number of nitrogens with zero attached hydrogens (tertiary/aromatic N) is 3. The summed E-state index contributed by atoms with van der Waals surface area (Å²) >= 11 is 0. The first-order chi connectivity index (χ1) is 8.76. The molecule has 0 aliphatic carbocycles. The zero-order chi connectivity index (χ0) is 13.0. The average molecular weight is 249 g/mol. The number of allylic oxidation sites excluding steroid dienone is 1. The van der Waals surface area contributed by atoms with Crippen molar-refractivity contribution >= 4 is 5.84 Å². The molecule has 0 bridgehead atoms. The van der Waals surface area contributed by atoms with E-state index in [-0.39, 0.29) is 0 Å². The molecule has 2 heterocycles. The lowest BCUT2D eigenvalue weighted by atomic mass is 10.1. The first kappa shape index (κ1) is 13.6. The fourth-order valence-electron chi connectivity index (χ4n) is 3.23. The Hall–Kier alpha value is -0.830. The fourth-order valence-corrected chi connectivity index (χ4v) is 3.23. The fraction of sp³-hybridized carbons (Fsp3) is 0.800. The molecule has 18 heavy (non-hydrogen) atoms. The maximum absolute atomic E-state index is 4.52. The van der Waals surface area contributed by atoms with Gasteiger partial charge in [-0.2, -0.15) is 0 Å². The van der Waals surface area contributed by atoms with Gasteiger partial charge in [0, 0.05) is 26.2 Å². The van der Waals surface area contributed by atoms with E-state index >= 15 is 0 Å². The summed E-state index contributed by atoms with van der Waals surface area (Å²) in [5, 5.41) is 0. The van der Waals surface area contributed by atoms with E-state index in [4.69, 9.17) is 0 Å². The average Bonchev–Trinajstić information content (AvgIpc) is 3.03. The van der Waals surface area contributed by atoms with Crippen LogP contribution in [-0.2, 0) is 0 Å². The lowest BCUT2D eigenvalue weighted by Gasteiger charge is -2.31. The Labute approximate surface area is 112 Å². The molecule has 0 amide bonds. The molecule has 0 aromatic carbocycles. The van der Waals surface area contributed by atoms with Crippen LogP contribution >= 0.6 is 0 Å². The van der Waals surface area contributed by atoms with Crippen molar-refractivity contribution < 1.29 is 0 Å². The first-order valence-corrected chi connectivity index (χ1v) is 7.35. The van der Waals surface area contributed by atoms with Crippen molar-refractivity contribution in [2.75, 3.05) is 33.2 Å². The predicted molar refractivity (Wildman–Crippen MR) is 78.2 cm³/mol. The van der Waals surface area contributed by atoms with Gasteiger partial charge in [-0.15, -0.1) is 0 Å². The van der Waals surface area contributed by atoms with Crippen molar-refractivity contribution in [3.05, 3.63) is 11.6 Å². The summed E-state index contributed by atoms with van der Waals surface area (Å²) in [7, 11) is 1.92. The highest BCUT2D eigenvalue weighted by Gasteiger charge is 2.29. The lowest BCUT2D eigenvalue weighted by Crippen LogP contribution is -2.43. The molecule has 3 nitrogen and oxygen atoms in total. The summed E-state index contributed by atoms with van der Waals surface area (Å²) in [5.41, 5.74) is 1.31. The van der Waals surface area contributed by atoms with Crippen molar-refractivity contribution in [3.63, 3.8) is 0 Å². The number of likely N-dealkylation sites (tertiary alicyclic amines) is 2. The Bertz CT molecular complexity index is 327. The van der Waals surface area contributed by atoms with Gasteiger partial charge < -0.3 is 9.80 Å². The molecule has 2 rings (SSSR count). The quantitative estimate of drug-likeness (QED) is 0.565. The normalized spacial score (nSPS) is 27.3. The minimum Gasteiger partial charge on any atom is -0.352 e. The monoisotopic (exact) mass is 249 g/mol. The van der Waals surface area contributed by atoms with Crippen molar-refractivity contribution in [1.82, 2.24) is 9.80 Å². The van der Waals surface area contributed by atoms with Gasteiger partial charge in [-0.1, -0.05) is 6.08 Å². The third-order valence-corrected chi connectivity index (χ3v) is 4.31. The molecule has 2 saturated heterocycles. The summed E-state index contributed by atoms with van der Waals surface area (Å²) in [4.78, 5) is 9.68. The van der Waals surface area contributed by atoms with Crippen LogP contribution < -0.4 is 0 Å². The largest absolute Gasteiger partial charge is 0.352 e. The van der Waals surface area contributed by atoms with Gasteiger partial charge >= 0.3 is 0 Å². The molecule has 1 atom stereocenters. The van der Waals surface area contributed by atoms with Crippen LogP contribution in [0.2, 0.25) is 0 Å². The van der Waals surface area contributed by atoms with Crippen molar-refractivity contribution in [3.8, 4) is 0 Å². The molecular formula is C15H27N3. The summed E-state index contributed by atoms with van der Waals surface area (Å²) < 4.78 is 0. The standard InChI is InChI=1S/C15H27N3/c1-4-13(2)15(16-3)18-11-7-8-14(18)12-17-9-5-6-10-17/h4,14H,5-12H2,1-3H3. The van der Waals surface area contributed by atoms with Gasteiger partial charge in [0.05, 0.1) is 0 Å². The molecule has 2 aliphatic rings. The number of rotatable bonds is 3. The van der Waals surface area contributed by atoms with Gasteiger partial charge in [0.1, 0.15) is 5.84 Å². The number of hydrogen-bond acceptors (Lipinski definition) is 2. The summed E-state index contributed by atoms with van der Waals surface area (Å²) in [5.74, 6) is 1.21. The highest BCUT2D eigenvalue weighted by molar-refractivity contribution is 5.98. The van der Waals surface area contributed by atoms with Crippen LogP contribution in [0.25, 0.3) is 0 Å². The van der Waals surface area contributed by atoms with Gasteiger partial charge in [0.25, 0.3) is 0 Å². The Balaban J connectivity index is 2.01. The Kier molecular flexibility index (Phi) is 4.81. The van der Waals surface area contributed by atoms with Gasteiger partial charge in [0.15, 0.2) is 0 Å². The van der Waals surface area contributed by atoms with Crippen LogP contribution in [0.5, 0.6) is 0 Å². The van der Waals surface area contributed by atoms with E-state index in [1.165, 1.54) is 63.3 Å². The molecule has 1 unspecified atom stereocenters. The van der Waals surface area contributed by atoms with E-state index in [1.807, 2.05) is 7.05 Å². The van der Waals surface area contributed by atoms with Crippen LogP contribution in [-0.4, -0.2) is 54.9 Å². The molecule has 2 fully saturated rings. The Morgan fingerprint density at radius 2 is 1.94 bits per heavy atom. The summed E-state index contributed by atoms with van der Waals surface area (Å²) in [6, 6.07) is 0.677. The first-order valence-electron chi connectivity index (χ1n) is 7.35. The molecule has 0 radical (unpaired) electrons. The van der Waals surface area contributed by atoms with Crippen molar-refractivity contribution in [1.29, 1.82) is 0 Å². The number of hydrogen-bond donors (Lipinski definition) is 0. The molecule has 0 saturated carbocycles. The zero-order valence-corrected chi connectivity index (χ0v) is 12.2. The van der Waals surface area contributed by atoms with E-state index in [9.17, 15) is 0 Å². The molecule has 3 heteroatoms. The van der Waals surface area contributed by atoms with Crippen molar-refractivity contribution in [2.24, 2.45) is 4.99 Å². The highest BCUT2D eigenvalue weighted by atomic mass is 15.3. The smallest absolute Gasteiger partial charge is 0.126 e. The molecule has 0 N–H and O–H groups in total. The SMILES string of the molecule is CC=C(C)C(=NC)N1CCCC1CN1CCCC1. The third-order valence-electron chi connectivity index (χ3n) is 4.31. The van der Waals surface area contributed by atoms with Crippen LogP contribution in [0.3, 0.4) is 0 Å². The topological polar surface area (TPSA) is 18.8 Å². The second-order valence-corrected chi connectivity index (χ2v) is 5.52. The van der Waals surface area contributed by atoms with E-state index < -0.39 is 0 Å². The van der Waals surface area contributed by atoms with Crippen LogP contribution in [0.4, 0.5) is 0 Å². The Morgan fingerprint density at radius 3 is 2.56 bits per heavy atom. The number of aliphatic imine (C=N–C) groups is 1. The maximum Gasteiger partial charge on any atom is 0.126 e. The molecule has 102 valence electrons. The van der Waals surface area contributed by atoms with E-state index in [2.05, 4.69) is 34.7 Å². The van der Waals surface area contributed by atoms with Gasteiger partial charge in [-0.25, -0.2) is 0 Å². The second-order valence-electron chi connectivity index (χ2n) is 5.52. The zero-order valence-electron chi connectivity index (χ0n) is 12.2. The molecular weight excluding hydrogens is 222 g/mol. The minimum atomic E-state index is 0.677. The molecule has 0 aromatic heterocycles. The van der Waals surface area contributed by atoms with E-state index in [1.54, 1.807) is 0 Å². The third kappa shape index (κ3) is 2.94. The summed E-state index contributed by atoms with van der Waals surface area (Å²) in [6.07, 6.45) is 7.58. The summed E-state index contributed by atoms with van der Waals surface area (Å²) in [6.45, 7) is 9.28. The highest BCUT2D eigenvalue weighted by Crippen LogP contribution is 2.22. The molecule has 0 spiro atoms. The number of amidine groups is 1. The predicted octanol–water partition coefficient (Wildman–Crippen LogP) is 2.54. The van der Waals surface area contributed by atoms with Crippen molar-refractivity contribution in [2.45, 2.75) is 45.6 Å². The lowest BCUT2D eigenvalue weighted by molar-refractivity contribution is 0.252. The minimum absolute atomic E-state index is 0.677. The van der Waals surface area contributed by atoms with Gasteiger partial charge in [-0.05, 0) is 58.2 Å². The van der Waals surface area contributed by atoms with Gasteiger partial charge in [-0.3, -0.25) is 4.99 Å². The molecule has 0 aromatic rings. The van der Waals surface area contributed by atoms with Crippen LogP contribution in [0.15, 0.2) is 16.6 Å². The van der Waals surface area contributed by atoms with Gasteiger partial charge in [0.2, 0.25) is 0 Å².